The van der Waals surface area contributed by atoms with Crippen molar-refractivity contribution in [3.05, 3.63) is 151 Å². The number of aryl methyl sites for hydroxylation is 1. The quantitative estimate of drug-likeness (QED) is 0.171. The second kappa shape index (κ2) is 12.2. The second-order valence-electron chi connectivity index (χ2n) is 14.2. The molecule has 7 heteroatoms. The van der Waals surface area contributed by atoms with Gasteiger partial charge in [-0.25, -0.2) is 0 Å². The second-order valence-corrected chi connectivity index (χ2v) is 14.2. The van der Waals surface area contributed by atoms with E-state index in [-0.39, 0.29) is 6.71 Å². The zero-order valence-corrected chi connectivity index (χ0v) is 29.8. The van der Waals surface area contributed by atoms with Crippen molar-refractivity contribution in [2.45, 2.75) is 6.92 Å². The minimum absolute atomic E-state index is 0.105. The molecule has 0 unspecified atom stereocenters. The van der Waals surface area contributed by atoms with E-state index in [1.165, 1.54) is 27.7 Å². The van der Waals surface area contributed by atoms with Crippen molar-refractivity contribution < 1.29 is 18.9 Å². The van der Waals surface area contributed by atoms with Crippen LogP contribution in [0.4, 0.5) is 34.1 Å². The van der Waals surface area contributed by atoms with E-state index in [4.69, 9.17) is 18.9 Å². The molecule has 260 valence electrons. The van der Waals surface area contributed by atoms with Crippen LogP contribution in [0.1, 0.15) is 5.56 Å². The fraction of sp³-hybridized carbons (Fsp3) is 0.106. The lowest BCUT2D eigenvalue weighted by molar-refractivity contribution is 0.172. The van der Waals surface area contributed by atoms with E-state index < -0.39 is 0 Å². The van der Waals surface area contributed by atoms with Gasteiger partial charge in [0.1, 0.15) is 26.4 Å². The van der Waals surface area contributed by atoms with Crippen molar-refractivity contribution in [1.82, 2.24) is 0 Å². The van der Waals surface area contributed by atoms with Crippen LogP contribution in [-0.2, 0) is 0 Å². The summed E-state index contributed by atoms with van der Waals surface area (Å²) in [4.78, 5) is 4.78. The third kappa shape index (κ3) is 4.74. The topological polar surface area (TPSA) is 43.4 Å². The lowest BCUT2D eigenvalue weighted by atomic mass is 9.33. The Morgan fingerprint density at radius 1 is 0.444 bits per heavy atom. The van der Waals surface area contributed by atoms with Crippen LogP contribution in [-0.4, -0.2) is 33.1 Å². The fourth-order valence-electron chi connectivity index (χ4n) is 8.71. The maximum Gasteiger partial charge on any atom is 0.252 e. The number of hydrogen-bond donors (Lipinski definition) is 0. The summed E-state index contributed by atoms with van der Waals surface area (Å²) in [6.07, 6.45) is 0. The molecule has 7 aromatic rings. The van der Waals surface area contributed by atoms with E-state index in [0.717, 1.165) is 73.6 Å². The van der Waals surface area contributed by atoms with Gasteiger partial charge in [-0.2, -0.15) is 0 Å². The molecule has 0 radical (unpaired) electrons. The smallest absolute Gasteiger partial charge is 0.252 e. The van der Waals surface area contributed by atoms with Gasteiger partial charge in [0.2, 0.25) is 0 Å². The highest BCUT2D eigenvalue weighted by molar-refractivity contribution is 7.00. The first kappa shape index (κ1) is 31.0. The average molecular weight is 703 g/mol. The molecule has 4 aliphatic rings. The molecule has 54 heavy (non-hydrogen) atoms. The number of ether oxygens (including phenoxy) is 4. The summed E-state index contributed by atoms with van der Waals surface area (Å²) in [6, 6.07) is 52.1. The molecule has 0 aliphatic carbocycles. The van der Waals surface area contributed by atoms with Crippen LogP contribution >= 0.6 is 0 Å². The average Bonchev–Trinajstić information content (AvgIpc) is 3.24. The maximum atomic E-state index is 6.55. The Kier molecular flexibility index (Phi) is 7.02. The normalized spacial score (nSPS) is 14.6. The van der Waals surface area contributed by atoms with E-state index in [2.05, 4.69) is 162 Å². The summed E-state index contributed by atoms with van der Waals surface area (Å²) in [7, 11) is 0. The zero-order valence-electron chi connectivity index (χ0n) is 29.8. The Labute approximate surface area is 314 Å². The van der Waals surface area contributed by atoms with Crippen molar-refractivity contribution in [1.29, 1.82) is 0 Å². The van der Waals surface area contributed by atoms with Crippen LogP contribution in [0.2, 0.25) is 0 Å². The van der Waals surface area contributed by atoms with Gasteiger partial charge in [0.15, 0.2) is 23.0 Å². The molecule has 4 aliphatic heterocycles. The van der Waals surface area contributed by atoms with E-state index in [9.17, 15) is 0 Å². The largest absolute Gasteiger partial charge is 0.486 e. The van der Waals surface area contributed by atoms with Crippen LogP contribution in [0, 0.1) is 6.92 Å². The third-order valence-electron chi connectivity index (χ3n) is 11.0. The van der Waals surface area contributed by atoms with Gasteiger partial charge in [-0.05, 0) is 99.7 Å². The molecule has 0 spiro atoms. The van der Waals surface area contributed by atoms with Gasteiger partial charge in [-0.1, -0.05) is 97.1 Å². The van der Waals surface area contributed by atoms with Gasteiger partial charge in [-0.3, -0.25) is 0 Å². The summed E-state index contributed by atoms with van der Waals surface area (Å²) in [5, 5.41) is 0. The lowest BCUT2D eigenvalue weighted by Gasteiger charge is -2.45. The predicted molar refractivity (Wildman–Crippen MR) is 218 cm³/mol. The van der Waals surface area contributed by atoms with Crippen molar-refractivity contribution in [2.24, 2.45) is 0 Å². The van der Waals surface area contributed by atoms with Crippen molar-refractivity contribution in [2.75, 3.05) is 36.2 Å². The highest BCUT2D eigenvalue weighted by Crippen LogP contribution is 2.52. The molecular weight excluding hydrogens is 667 g/mol. The predicted octanol–water partition coefficient (Wildman–Crippen LogP) is 8.95. The minimum atomic E-state index is -0.105. The summed E-state index contributed by atoms with van der Waals surface area (Å²) >= 11 is 0. The van der Waals surface area contributed by atoms with E-state index >= 15 is 0 Å². The molecule has 0 bridgehead atoms. The van der Waals surface area contributed by atoms with E-state index in [1.54, 1.807) is 0 Å². The SMILES string of the molecule is Cc1cc2c3c(c1)N(c1ccc(-c4ccccc4)cc1)c1c(ccc4c1OCCO4)B3c1ccc3c(c1N2c1ccc(-c2ccccc2)cc1)OCCO3. The third-order valence-corrected chi connectivity index (χ3v) is 11.0. The first-order valence-electron chi connectivity index (χ1n) is 18.6. The van der Waals surface area contributed by atoms with Crippen molar-refractivity contribution >= 4 is 57.2 Å². The number of hydrogen-bond acceptors (Lipinski definition) is 6. The first-order valence-corrected chi connectivity index (χ1v) is 18.6. The molecule has 6 nitrogen and oxygen atoms in total. The minimum Gasteiger partial charge on any atom is -0.486 e. The maximum absolute atomic E-state index is 6.55. The van der Waals surface area contributed by atoms with Gasteiger partial charge >= 0.3 is 0 Å². The molecular formula is C47H35BN2O4. The Hall–Kier alpha value is -6.60. The van der Waals surface area contributed by atoms with Gasteiger partial charge in [-0.15, -0.1) is 0 Å². The Bertz CT molecular complexity index is 2400. The molecule has 11 rings (SSSR count). The Balaban J connectivity index is 1.17. The Morgan fingerprint density at radius 2 is 0.852 bits per heavy atom. The van der Waals surface area contributed by atoms with Crippen molar-refractivity contribution in [3.63, 3.8) is 0 Å². The van der Waals surface area contributed by atoms with Crippen LogP contribution < -0.4 is 45.1 Å². The number of benzene rings is 7. The summed E-state index contributed by atoms with van der Waals surface area (Å²) in [6.45, 7) is 4.10. The Morgan fingerprint density at radius 3 is 1.30 bits per heavy atom. The summed E-state index contributed by atoms with van der Waals surface area (Å²) < 4.78 is 25.6. The monoisotopic (exact) mass is 702 g/mol. The molecule has 0 amide bonds. The molecule has 0 N–H and O–H groups in total. The molecule has 0 atom stereocenters. The van der Waals surface area contributed by atoms with Crippen molar-refractivity contribution in [3.8, 4) is 45.3 Å². The summed E-state index contributed by atoms with van der Waals surface area (Å²) in [5.74, 6) is 3.08. The fourth-order valence-corrected chi connectivity index (χ4v) is 8.71. The van der Waals surface area contributed by atoms with Crippen LogP contribution in [0.15, 0.2) is 146 Å². The number of nitrogens with zero attached hydrogens (tertiary/aromatic N) is 2. The zero-order chi connectivity index (χ0) is 35.8. The first-order chi connectivity index (χ1) is 26.7. The van der Waals surface area contributed by atoms with Gasteiger partial charge < -0.3 is 28.7 Å². The summed E-state index contributed by atoms with van der Waals surface area (Å²) in [5.41, 5.74) is 15.7. The molecule has 0 saturated heterocycles. The van der Waals surface area contributed by atoms with Crippen LogP contribution in [0.5, 0.6) is 23.0 Å². The molecule has 0 aromatic heterocycles. The van der Waals surface area contributed by atoms with Crippen LogP contribution in [0.3, 0.4) is 0 Å². The van der Waals surface area contributed by atoms with Gasteiger partial charge in [0.05, 0.1) is 11.4 Å². The van der Waals surface area contributed by atoms with E-state index in [1.807, 2.05) is 0 Å². The van der Waals surface area contributed by atoms with Gasteiger partial charge in [0.25, 0.3) is 6.71 Å². The standard InChI is InChI=1S/C47H35BN2O4/c1-30-28-39-43-40(29-30)50(36-18-14-34(15-19-36)32-10-6-3-7-11-32)45-38(21-23-42-47(45)54-27-25-52-42)48(43)37-20-22-41-46(53-26-24-51-41)44(37)49(39)35-16-12-33(13-17-35)31-8-4-2-5-9-31/h2-23,28-29H,24-27H2,1H3. The molecule has 7 aromatic carbocycles. The highest BCUT2D eigenvalue weighted by Gasteiger charge is 2.47. The molecule has 4 heterocycles. The lowest BCUT2D eigenvalue weighted by Crippen LogP contribution is -2.61. The molecule has 0 fully saturated rings. The highest BCUT2D eigenvalue weighted by atomic mass is 16.6. The number of rotatable bonds is 4. The van der Waals surface area contributed by atoms with Gasteiger partial charge in [0, 0.05) is 22.7 Å². The number of fused-ring (bicyclic) bond motifs is 8. The number of anilines is 6. The van der Waals surface area contributed by atoms with E-state index in [0.29, 0.717) is 26.4 Å². The van der Waals surface area contributed by atoms with Crippen LogP contribution in [0.25, 0.3) is 22.3 Å². The molecule has 0 saturated carbocycles.